The highest BCUT2D eigenvalue weighted by atomic mass is 16.2. The van der Waals surface area contributed by atoms with Gasteiger partial charge in [-0.1, -0.05) is 46.5 Å². The van der Waals surface area contributed by atoms with E-state index in [2.05, 4.69) is 31.4 Å². The summed E-state index contributed by atoms with van der Waals surface area (Å²) < 4.78 is 2.06. The Morgan fingerprint density at radius 1 is 1.18 bits per heavy atom. The number of amides is 2. The van der Waals surface area contributed by atoms with Gasteiger partial charge in [0.05, 0.1) is 13.1 Å². The minimum absolute atomic E-state index is 0.0689. The first-order valence-corrected chi connectivity index (χ1v) is 11.1. The second-order valence-electron chi connectivity index (χ2n) is 8.73. The van der Waals surface area contributed by atoms with Crippen LogP contribution in [0.1, 0.15) is 71.4 Å². The van der Waals surface area contributed by atoms with Gasteiger partial charge < -0.3 is 14.4 Å². The van der Waals surface area contributed by atoms with Gasteiger partial charge in [-0.2, -0.15) is 0 Å². The Hall–Kier alpha value is -1.78. The molecule has 1 fully saturated rings. The lowest BCUT2D eigenvalue weighted by atomic mass is 9.88. The molecular formula is C23H39N3O2. The molecule has 0 aliphatic heterocycles. The highest BCUT2D eigenvalue weighted by Gasteiger charge is 2.29. The molecule has 1 aromatic heterocycles. The Balaban J connectivity index is 2.08. The Morgan fingerprint density at radius 2 is 1.89 bits per heavy atom. The molecule has 28 heavy (non-hydrogen) atoms. The first-order valence-electron chi connectivity index (χ1n) is 11.1. The standard InChI is InChI=1S/C23H39N3O2/c1-5-6-15-25(17-21-13-10-14-24(21)4)22(27)18-26(16-19(2)3)23(28)20-11-8-7-9-12-20/h10,13-14,19-20H,5-9,11-12,15-18H2,1-4H3. The third kappa shape index (κ3) is 6.68. The number of nitrogens with zero attached hydrogens (tertiary/aromatic N) is 3. The third-order valence-electron chi connectivity index (χ3n) is 5.72. The average Bonchev–Trinajstić information content (AvgIpc) is 3.08. The average molecular weight is 390 g/mol. The van der Waals surface area contributed by atoms with Gasteiger partial charge in [-0.25, -0.2) is 0 Å². The van der Waals surface area contributed by atoms with E-state index in [1.165, 1.54) is 6.42 Å². The summed E-state index contributed by atoms with van der Waals surface area (Å²) in [5, 5.41) is 0. The van der Waals surface area contributed by atoms with Crippen molar-refractivity contribution in [2.24, 2.45) is 18.9 Å². The van der Waals surface area contributed by atoms with E-state index in [0.717, 1.165) is 50.8 Å². The van der Waals surface area contributed by atoms with E-state index in [4.69, 9.17) is 0 Å². The quantitative estimate of drug-likeness (QED) is 0.601. The molecule has 0 N–H and O–H groups in total. The van der Waals surface area contributed by atoms with Gasteiger partial charge in [0.1, 0.15) is 0 Å². The molecule has 0 spiro atoms. The lowest BCUT2D eigenvalue weighted by Crippen LogP contribution is -2.46. The molecule has 5 nitrogen and oxygen atoms in total. The van der Waals surface area contributed by atoms with Crippen LogP contribution in [-0.2, 0) is 23.2 Å². The zero-order valence-corrected chi connectivity index (χ0v) is 18.3. The van der Waals surface area contributed by atoms with E-state index in [-0.39, 0.29) is 24.3 Å². The molecule has 0 saturated heterocycles. The summed E-state index contributed by atoms with van der Waals surface area (Å²) >= 11 is 0. The van der Waals surface area contributed by atoms with E-state index < -0.39 is 0 Å². The fourth-order valence-electron chi connectivity index (χ4n) is 4.04. The van der Waals surface area contributed by atoms with Crippen LogP contribution in [0, 0.1) is 11.8 Å². The van der Waals surface area contributed by atoms with Crippen molar-refractivity contribution in [3.8, 4) is 0 Å². The normalized spacial score (nSPS) is 15.0. The van der Waals surface area contributed by atoms with Crippen molar-refractivity contribution in [3.05, 3.63) is 24.0 Å². The number of hydrogen-bond acceptors (Lipinski definition) is 2. The number of hydrogen-bond donors (Lipinski definition) is 0. The van der Waals surface area contributed by atoms with Crippen LogP contribution in [0.3, 0.4) is 0 Å². The minimum Gasteiger partial charge on any atom is -0.353 e. The molecule has 2 amide bonds. The smallest absolute Gasteiger partial charge is 0.242 e. The maximum Gasteiger partial charge on any atom is 0.242 e. The maximum absolute atomic E-state index is 13.2. The van der Waals surface area contributed by atoms with Crippen molar-refractivity contribution in [2.75, 3.05) is 19.6 Å². The molecule has 0 aromatic carbocycles. The largest absolute Gasteiger partial charge is 0.353 e. The molecule has 5 heteroatoms. The van der Waals surface area contributed by atoms with Gasteiger partial charge in [0.2, 0.25) is 11.8 Å². The molecule has 1 saturated carbocycles. The summed E-state index contributed by atoms with van der Waals surface area (Å²) in [6.07, 6.45) is 9.50. The number of carbonyl (C=O) groups is 2. The molecule has 0 bridgehead atoms. The molecule has 158 valence electrons. The van der Waals surface area contributed by atoms with Crippen molar-refractivity contribution in [3.63, 3.8) is 0 Å². The Bertz CT molecular complexity index is 617. The summed E-state index contributed by atoms with van der Waals surface area (Å²) in [7, 11) is 2.01. The van der Waals surface area contributed by atoms with Gasteiger partial charge in [-0.3, -0.25) is 9.59 Å². The van der Waals surface area contributed by atoms with Gasteiger partial charge in [-0.05, 0) is 37.3 Å². The number of carbonyl (C=O) groups excluding carboxylic acids is 2. The van der Waals surface area contributed by atoms with E-state index in [1.807, 2.05) is 29.1 Å². The minimum atomic E-state index is 0.0689. The second kappa shape index (κ2) is 11.3. The van der Waals surface area contributed by atoms with E-state index in [9.17, 15) is 9.59 Å². The van der Waals surface area contributed by atoms with Crippen LogP contribution in [0.15, 0.2) is 18.3 Å². The van der Waals surface area contributed by atoms with Crippen LogP contribution in [0.5, 0.6) is 0 Å². The Kier molecular flexibility index (Phi) is 9.07. The Labute approximate surface area is 171 Å². The van der Waals surface area contributed by atoms with Crippen LogP contribution in [0.25, 0.3) is 0 Å². The molecule has 1 aliphatic carbocycles. The number of unbranched alkanes of at least 4 members (excludes halogenated alkanes) is 1. The summed E-state index contributed by atoms with van der Waals surface area (Å²) in [5.41, 5.74) is 1.12. The van der Waals surface area contributed by atoms with Gasteiger partial charge in [0.15, 0.2) is 0 Å². The first kappa shape index (κ1) is 22.5. The molecule has 2 rings (SSSR count). The molecular weight excluding hydrogens is 350 g/mol. The lowest BCUT2D eigenvalue weighted by Gasteiger charge is -2.32. The van der Waals surface area contributed by atoms with Crippen molar-refractivity contribution >= 4 is 11.8 Å². The zero-order chi connectivity index (χ0) is 20.5. The highest BCUT2D eigenvalue weighted by Crippen LogP contribution is 2.26. The van der Waals surface area contributed by atoms with Crippen molar-refractivity contribution < 1.29 is 9.59 Å². The van der Waals surface area contributed by atoms with Crippen LogP contribution in [0.4, 0.5) is 0 Å². The summed E-state index contributed by atoms with van der Waals surface area (Å²) in [6, 6.07) is 4.07. The Morgan fingerprint density at radius 3 is 2.46 bits per heavy atom. The van der Waals surface area contributed by atoms with Gasteiger partial charge in [0, 0.05) is 37.9 Å². The monoisotopic (exact) mass is 389 g/mol. The summed E-state index contributed by atoms with van der Waals surface area (Å²) in [5.74, 6) is 0.727. The first-order chi connectivity index (χ1) is 13.4. The van der Waals surface area contributed by atoms with Gasteiger partial charge in [0.25, 0.3) is 0 Å². The number of rotatable bonds is 10. The van der Waals surface area contributed by atoms with Gasteiger partial charge in [-0.15, -0.1) is 0 Å². The molecule has 1 heterocycles. The van der Waals surface area contributed by atoms with Crippen molar-refractivity contribution in [2.45, 2.75) is 72.3 Å². The van der Waals surface area contributed by atoms with Gasteiger partial charge >= 0.3 is 0 Å². The topological polar surface area (TPSA) is 45.6 Å². The third-order valence-corrected chi connectivity index (χ3v) is 5.72. The SMILES string of the molecule is CCCCN(Cc1cccn1C)C(=O)CN(CC(C)C)C(=O)C1CCCCC1. The molecule has 0 atom stereocenters. The summed E-state index contributed by atoms with van der Waals surface area (Å²) in [4.78, 5) is 30.1. The maximum atomic E-state index is 13.2. The molecule has 1 aliphatic rings. The predicted octanol–water partition coefficient (Wildman–Crippen LogP) is 4.22. The fraction of sp³-hybridized carbons (Fsp3) is 0.739. The number of aromatic nitrogens is 1. The molecule has 0 unspecified atom stereocenters. The van der Waals surface area contributed by atoms with E-state index >= 15 is 0 Å². The summed E-state index contributed by atoms with van der Waals surface area (Å²) in [6.45, 7) is 8.59. The predicted molar refractivity (Wildman–Crippen MR) is 114 cm³/mol. The fourth-order valence-corrected chi connectivity index (χ4v) is 4.04. The van der Waals surface area contributed by atoms with Crippen LogP contribution < -0.4 is 0 Å². The highest BCUT2D eigenvalue weighted by molar-refractivity contribution is 5.86. The van der Waals surface area contributed by atoms with Crippen LogP contribution in [-0.4, -0.2) is 45.8 Å². The zero-order valence-electron chi connectivity index (χ0n) is 18.3. The van der Waals surface area contributed by atoms with Crippen molar-refractivity contribution in [1.29, 1.82) is 0 Å². The molecule has 1 aromatic rings. The van der Waals surface area contributed by atoms with Crippen molar-refractivity contribution in [1.82, 2.24) is 14.4 Å². The molecule has 0 radical (unpaired) electrons. The second-order valence-corrected chi connectivity index (χ2v) is 8.73. The van der Waals surface area contributed by atoms with Crippen LogP contribution >= 0.6 is 0 Å². The lowest BCUT2D eigenvalue weighted by molar-refractivity contribution is -0.144. The van der Waals surface area contributed by atoms with Crippen LogP contribution in [0.2, 0.25) is 0 Å². The van der Waals surface area contributed by atoms with E-state index in [0.29, 0.717) is 19.0 Å². The van der Waals surface area contributed by atoms with E-state index in [1.54, 1.807) is 0 Å². The number of aryl methyl sites for hydroxylation is 1.